The van der Waals surface area contributed by atoms with Crippen LogP contribution in [0.25, 0.3) is 0 Å². The Kier molecular flexibility index (Phi) is 1.17. The van der Waals surface area contributed by atoms with Crippen LogP contribution in [0.3, 0.4) is 0 Å². The predicted octanol–water partition coefficient (Wildman–Crippen LogP) is 1.74. The van der Waals surface area contributed by atoms with E-state index >= 15 is 0 Å². The molecule has 0 N–H and O–H groups in total. The number of hydrogen-bond acceptors (Lipinski definition) is 1. The first kappa shape index (κ1) is 6.66. The number of nitrogens with zero attached hydrogens (tertiary/aromatic N) is 1. The lowest BCUT2D eigenvalue weighted by Gasteiger charge is -2.19. The molecule has 2 fully saturated rings. The standard InChI is InChI=1S/C9H17N/c1-7-8(2)9(7)5-4-6-10(9)3/h7-8H,4-6H2,1-3H3/t7-,8?,9?/m1/s1. The molecular weight excluding hydrogens is 122 g/mol. The van der Waals surface area contributed by atoms with Gasteiger partial charge in [0.2, 0.25) is 0 Å². The van der Waals surface area contributed by atoms with Crippen LogP contribution in [0.15, 0.2) is 0 Å². The van der Waals surface area contributed by atoms with Crippen LogP contribution in [-0.2, 0) is 0 Å². The quantitative estimate of drug-likeness (QED) is 0.494. The maximum Gasteiger partial charge on any atom is 0.0264 e. The van der Waals surface area contributed by atoms with Crippen LogP contribution in [0.2, 0.25) is 0 Å². The van der Waals surface area contributed by atoms with Crippen molar-refractivity contribution in [3.63, 3.8) is 0 Å². The Morgan fingerprint density at radius 3 is 2.10 bits per heavy atom. The Bertz CT molecular complexity index is 145. The van der Waals surface area contributed by atoms with Gasteiger partial charge in [0.25, 0.3) is 0 Å². The number of likely N-dealkylation sites (tertiary alicyclic amines) is 1. The highest BCUT2D eigenvalue weighted by atomic mass is 15.2. The summed E-state index contributed by atoms with van der Waals surface area (Å²) in [7, 11) is 2.28. The summed E-state index contributed by atoms with van der Waals surface area (Å²) in [6.07, 6.45) is 2.87. The van der Waals surface area contributed by atoms with Gasteiger partial charge in [0.05, 0.1) is 0 Å². The maximum absolute atomic E-state index is 2.57. The minimum atomic E-state index is 0.653. The van der Waals surface area contributed by atoms with E-state index in [-0.39, 0.29) is 0 Å². The molecule has 10 heavy (non-hydrogen) atoms. The van der Waals surface area contributed by atoms with Crippen molar-refractivity contribution in [1.82, 2.24) is 4.90 Å². The van der Waals surface area contributed by atoms with E-state index in [2.05, 4.69) is 25.8 Å². The molecule has 3 atom stereocenters. The van der Waals surface area contributed by atoms with Crippen LogP contribution >= 0.6 is 0 Å². The predicted molar refractivity (Wildman–Crippen MR) is 42.9 cm³/mol. The van der Waals surface area contributed by atoms with Gasteiger partial charge in [-0.05, 0) is 38.3 Å². The van der Waals surface area contributed by atoms with E-state index in [1.54, 1.807) is 0 Å². The molecule has 0 aromatic heterocycles. The van der Waals surface area contributed by atoms with Crippen LogP contribution in [-0.4, -0.2) is 24.0 Å². The van der Waals surface area contributed by atoms with Gasteiger partial charge in [-0.2, -0.15) is 0 Å². The minimum Gasteiger partial charge on any atom is -0.300 e. The van der Waals surface area contributed by atoms with Gasteiger partial charge < -0.3 is 4.90 Å². The molecule has 2 rings (SSSR count). The van der Waals surface area contributed by atoms with E-state index in [0.29, 0.717) is 5.54 Å². The zero-order valence-electron chi connectivity index (χ0n) is 7.22. The maximum atomic E-state index is 2.57. The topological polar surface area (TPSA) is 3.24 Å². The third-order valence-electron chi connectivity index (χ3n) is 4.00. The van der Waals surface area contributed by atoms with Gasteiger partial charge in [0.1, 0.15) is 0 Å². The Balaban J connectivity index is 2.17. The molecule has 1 saturated heterocycles. The van der Waals surface area contributed by atoms with E-state index < -0.39 is 0 Å². The molecular formula is C9H17N. The number of rotatable bonds is 0. The zero-order chi connectivity index (χ0) is 7.35. The van der Waals surface area contributed by atoms with Crippen molar-refractivity contribution in [3.8, 4) is 0 Å². The molecule has 1 aliphatic heterocycles. The van der Waals surface area contributed by atoms with Gasteiger partial charge in [-0.15, -0.1) is 0 Å². The van der Waals surface area contributed by atoms with Crippen LogP contribution in [0.1, 0.15) is 26.7 Å². The molecule has 1 heterocycles. The van der Waals surface area contributed by atoms with E-state index in [1.165, 1.54) is 19.4 Å². The zero-order valence-corrected chi connectivity index (χ0v) is 7.22. The smallest absolute Gasteiger partial charge is 0.0264 e. The molecule has 2 aliphatic rings. The Morgan fingerprint density at radius 1 is 1.30 bits per heavy atom. The molecule has 0 amide bonds. The molecule has 0 radical (unpaired) electrons. The Hall–Kier alpha value is -0.0400. The fourth-order valence-electron chi connectivity index (χ4n) is 2.99. The summed E-state index contributed by atoms with van der Waals surface area (Å²) in [5.74, 6) is 1.92. The Morgan fingerprint density at radius 2 is 1.90 bits per heavy atom. The molecule has 1 heteroatoms. The van der Waals surface area contributed by atoms with E-state index in [9.17, 15) is 0 Å². The fraction of sp³-hybridized carbons (Fsp3) is 1.00. The van der Waals surface area contributed by atoms with Crippen molar-refractivity contribution in [2.45, 2.75) is 32.2 Å². The summed E-state index contributed by atoms with van der Waals surface area (Å²) in [5, 5.41) is 0. The van der Waals surface area contributed by atoms with Crippen molar-refractivity contribution in [2.24, 2.45) is 11.8 Å². The van der Waals surface area contributed by atoms with Gasteiger partial charge >= 0.3 is 0 Å². The lowest BCUT2D eigenvalue weighted by atomic mass is 10.1. The summed E-state index contributed by atoms with van der Waals surface area (Å²) >= 11 is 0. The second kappa shape index (κ2) is 1.76. The molecule has 1 spiro atoms. The van der Waals surface area contributed by atoms with Gasteiger partial charge in [-0.1, -0.05) is 13.8 Å². The number of hydrogen-bond donors (Lipinski definition) is 0. The first-order valence-corrected chi connectivity index (χ1v) is 4.41. The van der Waals surface area contributed by atoms with Gasteiger partial charge in [0.15, 0.2) is 0 Å². The largest absolute Gasteiger partial charge is 0.300 e. The van der Waals surface area contributed by atoms with Crippen LogP contribution < -0.4 is 0 Å². The van der Waals surface area contributed by atoms with Crippen molar-refractivity contribution < 1.29 is 0 Å². The molecule has 0 aromatic rings. The van der Waals surface area contributed by atoms with Crippen molar-refractivity contribution in [2.75, 3.05) is 13.6 Å². The average molecular weight is 139 g/mol. The second-order valence-electron chi connectivity index (χ2n) is 4.09. The molecule has 58 valence electrons. The first-order valence-electron chi connectivity index (χ1n) is 4.41. The summed E-state index contributed by atoms with van der Waals surface area (Å²) in [4.78, 5) is 2.57. The summed E-state index contributed by atoms with van der Waals surface area (Å²) in [6, 6.07) is 0. The lowest BCUT2D eigenvalue weighted by molar-refractivity contribution is 0.261. The molecule has 1 nitrogen and oxygen atoms in total. The third kappa shape index (κ3) is 0.531. The molecule has 2 unspecified atom stereocenters. The average Bonchev–Trinajstić information content (AvgIpc) is 2.28. The second-order valence-corrected chi connectivity index (χ2v) is 4.09. The molecule has 0 aromatic carbocycles. The van der Waals surface area contributed by atoms with Crippen molar-refractivity contribution in [1.29, 1.82) is 0 Å². The Labute approximate surface area is 63.4 Å². The van der Waals surface area contributed by atoms with Crippen LogP contribution in [0.4, 0.5) is 0 Å². The third-order valence-corrected chi connectivity index (χ3v) is 4.00. The molecule has 0 bridgehead atoms. The van der Waals surface area contributed by atoms with Gasteiger partial charge in [-0.25, -0.2) is 0 Å². The van der Waals surface area contributed by atoms with E-state index in [1.807, 2.05) is 0 Å². The monoisotopic (exact) mass is 139 g/mol. The van der Waals surface area contributed by atoms with Crippen LogP contribution in [0.5, 0.6) is 0 Å². The van der Waals surface area contributed by atoms with Gasteiger partial charge in [0, 0.05) is 5.54 Å². The highest BCUT2D eigenvalue weighted by Crippen LogP contribution is 2.58. The molecule has 1 saturated carbocycles. The van der Waals surface area contributed by atoms with E-state index in [4.69, 9.17) is 0 Å². The SMILES string of the molecule is CC1[C@@H](C)C12CCCN2C. The molecule has 1 aliphatic carbocycles. The van der Waals surface area contributed by atoms with E-state index in [0.717, 1.165) is 11.8 Å². The summed E-state index contributed by atoms with van der Waals surface area (Å²) in [6.45, 7) is 6.12. The summed E-state index contributed by atoms with van der Waals surface area (Å²) in [5.41, 5.74) is 0.653. The highest BCUT2D eigenvalue weighted by Gasteiger charge is 2.62. The minimum absolute atomic E-state index is 0.653. The van der Waals surface area contributed by atoms with Crippen LogP contribution in [0, 0.1) is 11.8 Å². The van der Waals surface area contributed by atoms with Gasteiger partial charge in [-0.3, -0.25) is 0 Å². The van der Waals surface area contributed by atoms with Crippen molar-refractivity contribution in [3.05, 3.63) is 0 Å². The first-order chi connectivity index (χ1) is 4.69. The summed E-state index contributed by atoms with van der Waals surface area (Å²) < 4.78 is 0. The fourth-order valence-corrected chi connectivity index (χ4v) is 2.99. The normalized spacial score (nSPS) is 54.3. The lowest BCUT2D eigenvalue weighted by Crippen LogP contribution is -2.29. The van der Waals surface area contributed by atoms with Crippen molar-refractivity contribution >= 4 is 0 Å². The highest BCUT2D eigenvalue weighted by molar-refractivity contribution is 5.16.